The van der Waals surface area contributed by atoms with Gasteiger partial charge < -0.3 is 31.7 Å². The molecule has 0 atom stereocenters. The number of rotatable bonds is 10. The molecule has 0 unspecified atom stereocenters. The number of nitrogens with zero attached hydrogens (tertiary/aromatic N) is 2. The third-order valence-corrected chi connectivity index (χ3v) is 7.98. The number of azo groups is 1. The maximum Gasteiger partial charge on any atom is 0.296 e. The van der Waals surface area contributed by atoms with Crippen molar-refractivity contribution >= 4 is 71.0 Å². The van der Waals surface area contributed by atoms with Gasteiger partial charge >= 0.3 is 0 Å². The minimum absolute atomic E-state index is 0.124. The van der Waals surface area contributed by atoms with E-state index < -0.39 is 47.2 Å². The second-order valence-electron chi connectivity index (χ2n) is 9.19. The largest absolute Gasteiger partial charge is 0.505 e. The highest BCUT2D eigenvalue weighted by atomic mass is 32.2. The number of methoxy groups -OCH3 is 1. The first-order valence-corrected chi connectivity index (χ1v) is 15.2. The summed E-state index contributed by atoms with van der Waals surface area (Å²) >= 11 is 0. The maximum atomic E-state index is 12.2. The van der Waals surface area contributed by atoms with Gasteiger partial charge in [-0.2, -0.15) is 16.8 Å². The van der Waals surface area contributed by atoms with E-state index in [-0.39, 0.29) is 28.1 Å². The van der Waals surface area contributed by atoms with E-state index in [4.69, 9.17) is 10.5 Å². The Hall–Kier alpha value is -5.23. The molecule has 8 N–H and O–H groups in total. The van der Waals surface area contributed by atoms with E-state index in [1.54, 1.807) is 43.3 Å². The van der Waals surface area contributed by atoms with Gasteiger partial charge in [-0.1, -0.05) is 6.58 Å². The lowest BCUT2D eigenvalue weighted by molar-refractivity contribution is -0.111. The number of benzene rings is 4. The van der Waals surface area contributed by atoms with Crippen LogP contribution in [0.15, 0.2) is 87.3 Å². The van der Waals surface area contributed by atoms with E-state index in [1.807, 2.05) is 0 Å². The molecule has 0 fully saturated rings. The van der Waals surface area contributed by atoms with Crippen LogP contribution in [-0.2, 0) is 25.0 Å². The summed E-state index contributed by atoms with van der Waals surface area (Å²) in [5.74, 6) is -0.921. The Morgan fingerprint density at radius 2 is 1.55 bits per heavy atom. The fourth-order valence-corrected chi connectivity index (χ4v) is 5.32. The topological polar surface area (TPSA) is 242 Å². The number of fused-ring (bicyclic) bond motifs is 1. The number of nitrogen functional groups attached to an aromatic ring is 1. The molecule has 15 nitrogen and oxygen atoms in total. The Morgan fingerprint density at radius 3 is 2.14 bits per heavy atom. The number of hydrogen-bond donors (Lipinski definition) is 7. The van der Waals surface area contributed by atoms with Gasteiger partial charge in [0.25, 0.3) is 20.2 Å². The number of ether oxygens (including phenoxy) is 1. The SMILES string of the molecule is C=CC(=O)Nc1ccc(NNc2cc(OC)c(/N=N/c3c(S(=O)(=O)O)cc4cc(S(=O)(=O)O)c(N)cc4c3O)cc2C)cc1. The number of hydrogen-bond acceptors (Lipinski definition) is 12. The summed E-state index contributed by atoms with van der Waals surface area (Å²) in [6.07, 6.45) is 1.16. The third-order valence-electron chi connectivity index (χ3n) is 6.20. The van der Waals surface area contributed by atoms with Crippen LogP contribution < -0.4 is 26.6 Å². The van der Waals surface area contributed by atoms with E-state index in [9.17, 15) is 35.8 Å². The molecule has 0 heterocycles. The molecular formula is C27H26N6O9S2. The van der Waals surface area contributed by atoms with Crippen LogP contribution in [0.5, 0.6) is 11.5 Å². The fourth-order valence-electron chi connectivity index (χ4n) is 4.03. The van der Waals surface area contributed by atoms with Crippen LogP contribution in [0.25, 0.3) is 10.8 Å². The average molecular weight is 643 g/mol. The Labute approximate surface area is 251 Å². The molecule has 17 heteroatoms. The molecule has 0 aliphatic rings. The molecule has 1 amide bonds. The highest BCUT2D eigenvalue weighted by molar-refractivity contribution is 7.86. The van der Waals surface area contributed by atoms with Crippen LogP contribution in [0.2, 0.25) is 0 Å². The van der Waals surface area contributed by atoms with Gasteiger partial charge in [0, 0.05) is 17.1 Å². The van der Waals surface area contributed by atoms with Crippen LogP contribution in [0.1, 0.15) is 5.56 Å². The molecule has 0 bridgehead atoms. The summed E-state index contributed by atoms with van der Waals surface area (Å²) in [4.78, 5) is 9.84. The van der Waals surface area contributed by atoms with Crippen molar-refractivity contribution in [1.29, 1.82) is 0 Å². The van der Waals surface area contributed by atoms with Gasteiger partial charge in [-0.15, -0.1) is 10.2 Å². The number of aryl methyl sites for hydroxylation is 1. The number of nitrogens with one attached hydrogen (secondary N) is 3. The summed E-state index contributed by atoms with van der Waals surface area (Å²) in [5, 5.41) is 21.1. The first kappa shape index (κ1) is 31.7. The molecule has 44 heavy (non-hydrogen) atoms. The number of phenolic OH excluding ortho intramolecular Hbond substituents is 1. The highest BCUT2D eigenvalue weighted by Crippen LogP contribution is 2.44. The molecule has 4 aromatic carbocycles. The van der Waals surface area contributed by atoms with Crippen molar-refractivity contribution in [2.24, 2.45) is 10.2 Å². The van der Waals surface area contributed by atoms with Crippen molar-refractivity contribution in [2.75, 3.05) is 29.0 Å². The number of hydrazine groups is 1. The summed E-state index contributed by atoms with van der Waals surface area (Å²) in [6, 6.07) is 12.7. The molecule has 230 valence electrons. The van der Waals surface area contributed by atoms with Gasteiger partial charge in [0.15, 0.2) is 5.75 Å². The first-order chi connectivity index (χ1) is 20.6. The molecule has 0 aliphatic heterocycles. The van der Waals surface area contributed by atoms with Crippen LogP contribution in [-0.4, -0.2) is 44.1 Å². The van der Waals surface area contributed by atoms with Crippen molar-refractivity contribution in [3.05, 3.63) is 72.8 Å². The fraction of sp³-hybridized carbons (Fsp3) is 0.0741. The number of nitrogens with two attached hydrogens (primary N) is 1. The average Bonchev–Trinajstić information content (AvgIpc) is 2.95. The van der Waals surface area contributed by atoms with Gasteiger partial charge in [-0.3, -0.25) is 13.9 Å². The van der Waals surface area contributed by atoms with E-state index in [0.717, 1.165) is 24.3 Å². The molecule has 4 rings (SSSR count). The van der Waals surface area contributed by atoms with Crippen molar-refractivity contribution in [3.8, 4) is 11.5 Å². The maximum absolute atomic E-state index is 12.2. The van der Waals surface area contributed by atoms with E-state index in [0.29, 0.717) is 22.6 Å². The van der Waals surface area contributed by atoms with E-state index in [1.165, 1.54) is 7.11 Å². The molecule has 0 spiro atoms. The minimum Gasteiger partial charge on any atom is -0.505 e. The monoisotopic (exact) mass is 642 g/mol. The van der Waals surface area contributed by atoms with Gasteiger partial charge in [-0.25, -0.2) is 0 Å². The van der Waals surface area contributed by atoms with Crippen molar-refractivity contribution < 1.29 is 40.6 Å². The predicted octanol–water partition coefficient (Wildman–Crippen LogP) is 4.92. The predicted molar refractivity (Wildman–Crippen MR) is 164 cm³/mol. The van der Waals surface area contributed by atoms with Crippen molar-refractivity contribution in [2.45, 2.75) is 16.7 Å². The number of anilines is 4. The second kappa shape index (κ2) is 12.2. The number of aromatic hydroxyl groups is 1. The molecule has 0 saturated carbocycles. The van der Waals surface area contributed by atoms with Gasteiger partial charge in [0.2, 0.25) is 5.91 Å². The van der Waals surface area contributed by atoms with Gasteiger partial charge in [-0.05, 0) is 72.5 Å². The molecular weight excluding hydrogens is 616 g/mol. The molecule has 4 aromatic rings. The summed E-state index contributed by atoms with van der Waals surface area (Å²) in [6.45, 7) is 5.14. The number of phenols is 1. The number of carbonyl (C=O) groups excluding carboxylic acids is 1. The van der Waals surface area contributed by atoms with Gasteiger partial charge in [0.1, 0.15) is 26.9 Å². The number of amides is 1. The van der Waals surface area contributed by atoms with E-state index in [2.05, 4.69) is 33.0 Å². The molecule has 0 aromatic heterocycles. The normalized spacial score (nSPS) is 11.8. The standard InChI is InChI=1S/C27H26N6O9S2/c1-4-25(34)29-16-5-7-17(8-6-16)30-31-20-13-22(42-3)21(9-14(20)2)32-33-26-24(44(39,40)41)11-15-10-23(43(36,37)38)19(28)12-18(15)27(26)35/h4-13,30-31,35H,1,28H2,2-3H3,(H,29,34)(H,36,37,38)(H,39,40,41)/b33-32+. The number of carbonyl (C=O) groups is 1. The Balaban J connectivity index is 1.68. The summed E-state index contributed by atoms with van der Waals surface area (Å²) in [7, 11) is -8.44. The molecule has 0 radical (unpaired) electrons. The molecule has 0 saturated heterocycles. The van der Waals surface area contributed by atoms with Crippen LogP contribution in [0.3, 0.4) is 0 Å². The zero-order valence-electron chi connectivity index (χ0n) is 23.1. The van der Waals surface area contributed by atoms with Crippen LogP contribution >= 0.6 is 0 Å². The Morgan fingerprint density at radius 1 is 0.932 bits per heavy atom. The highest BCUT2D eigenvalue weighted by Gasteiger charge is 2.24. The summed E-state index contributed by atoms with van der Waals surface area (Å²) < 4.78 is 72.3. The smallest absolute Gasteiger partial charge is 0.296 e. The first-order valence-electron chi connectivity index (χ1n) is 12.3. The quantitative estimate of drug-likeness (QED) is 0.0401. The van der Waals surface area contributed by atoms with Crippen LogP contribution in [0.4, 0.5) is 34.1 Å². The summed E-state index contributed by atoms with van der Waals surface area (Å²) in [5.41, 5.74) is 13.3. The second-order valence-corrected chi connectivity index (χ2v) is 12.0. The van der Waals surface area contributed by atoms with Crippen LogP contribution in [0, 0.1) is 6.92 Å². The lowest BCUT2D eigenvalue weighted by Gasteiger charge is -2.15. The zero-order chi connectivity index (χ0) is 32.4. The lowest BCUT2D eigenvalue weighted by atomic mass is 10.1. The van der Waals surface area contributed by atoms with Gasteiger partial charge in [0.05, 0.1) is 24.2 Å². The van der Waals surface area contributed by atoms with E-state index >= 15 is 0 Å². The van der Waals surface area contributed by atoms with Crippen molar-refractivity contribution in [3.63, 3.8) is 0 Å². The minimum atomic E-state index is -5.02. The zero-order valence-corrected chi connectivity index (χ0v) is 24.7. The Kier molecular flexibility index (Phi) is 8.77. The Bertz CT molecular complexity index is 2050. The lowest BCUT2D eigenvalue weighted by Crippen LogP contribution is -2.10. The third kappa shape index (κ3) is 6.87. The van der Waals surface area contributed by atoms with Crippen molar-refractivity contribution in [1.82, 2.24) is 0 Å². The molecule has 0 aliphatic carbocycles.